The predicted octanol–water partition coefficient (Wildman–Crippen LogP) is 0.636. The summed E-state index contributed by atoms with van der Waals surface area (Å²) in [5.41, 5.74) is -0.272. The number of fused-ring (bicyclic) bond motifs is 1. The molecular formula is C16H22FN3O3. The van der Waals surface area contributed by atoms with Gasteiger partial charge in [0.15, 0.2) is 5.82 Å². The van der Waals surface area contributed by atoms with Crippen LogP contribution in [0.4, 0.5) is 4.39 Å². The zero-order valence-electron chi connectivity index (χ0n) is 13.5. The van der Waals surface area contributed by atoms with Crippen molar-refractivity contribution in [3.8, 4) is 5.88 Å². The molecule has 1 amide bonds. The van der Waals surface area contributed by atoms with Crippen molar-refractivity contribution in [3.63, 3.8) is 0 Å². The Kier molecular flexibility index (Phi) is 4.50. The fourth-order valence-electron chi connectivity index (χ4n) is 3.29. The molecule has 3 rings (SSSR count). The van der Waals surface area contributed by atoms with Gasteiger partial charge in [0.1, 0.15) is 0 Å². The smallest absolute Gasteiger partial charge is 0.250 e. The van der Waals surface area contributed by atoms with Gasteiger partial charge in [0.05, 0.1) is 31.8 Å². The molecule has 2 atom stereocenters. The van der Waals surface area contributed by atoms with Crippen LogP contribution in [0.5, 0.6) is 5.88 Å². The number of pyridine rings is 1. The quantitative estimate of drug-likeness (QED) is 0.796. The number of ether oxygens (including phenoxy) is 2. The average Bonchev–Trinajstić information content (AvgIpc) is 3.03. The Labute approximate surface area is 135 Å². The lowest BCUT2D eigenvalue weighted by molar-refractivity contribution is -0.131. The maximum Gasteiger partial charge on any atom is 0.250 e. The number of carbonyl (C=O) groups is 1. The molecule has 2 fully saturated rings. The summed E-state index contributed by atoms with van der Waals surface area (Å²) in [6, 6.07) is 2.85. The number of hydrogen-bond donors (Lipinski definition) is 0. The highest BCUT2D eigenvalue weighted by Crippen LogP contribution is 2.41. The van der Waals surface area contributed by atoms with Crippen molar-refractivity contribution >= 4 is 5.91 Å². The van der Waals surface area contributed by atoms with Crippen molar-refractivity contribution < 1.29 is 18.7 Å². The molecule has 23 heavy (non-hydrogen) atoms. The summed E-state index contributed by atoms with van der Waals surface area (Å²) in [6.07, 6.45) is 1.50. The van der Waals surface area contributed by atoms with E-state index in [9.17, 15) is 9.18 Å². The maximum atomic E-state index is 13.7. The topological polar surface area (TPSA) is 54.9 Å². The van der Waals surface area contributed by atoms with E-state index in [-0.39, 0.29) is 23.1 Å². The number of carbonyl (C=O) groups excluding carboxylic acids is 1. The number of likely N-dealkylation sites (N-methyl/N-ethyl adjacent to an activating group) is 1. The first kappa shape index (κ1) is 16.1. The van der Waals surface area contributed by atoms with Gasteiger partial charge in [-0.15, -0.1) is 0 Å². The average molecular weight is 323 g/mol. The highest BCUT2D eigenvalue weighted by atomic mass is 19.1. The molecule has 0 unspecified atom stereocenters. The summed E-state index contributed by atoms with van der Waals surface area (Å²) in [7, 11) is 3.75. The van der Waals surface area contributed by atoms with E-state index in [1.807, 2.05) is 23.9 Å². The minimum atomic E-state index is -0.474. The monoisotopic (exact) mass is 323 g/mol. The van der Waals surface area contributed by atoms with E-state index < -0.39 is 5.82 Å². The van der Waals surface area contributed by atoms with Gasteiger partial charge in [-0.3, -0.25) is 4.79 Å². The van der Waals surface area contributed by atoms with E-state index in [2.05, 4.69) is 4.98 Å². The molecule has 2 aliphatic heterocycles. The van der Waals surface area contributed by atoms with E-state index in [0.717, 1.165) is 0 Å². The molecule has 6 nitrogen and oxygen atoms in total. The van der Waals surface area contributed by atoms with E-state index in [0.29, 0.717) is 39.5 Å². The van der Waals surface area contributed by atoms with Crippen LogP contribution in [-0.2, 0) is 9.53 Å². The number of aromatic nitrogens is 1. The van der Waals surface area contributed by atoms with Crippen molar-refractivity contribution in [2.45, 2.75) is 0 Å². The van der Waals surface area contributed by atoms with Crippen LogP contribution in [0.25, 0.3) is 0 Å². The zero-order valence-corrected chi connectivity index (χ0v) is 13.5. The van der Waals surface area contributed by atoms with Crippen LogP contribution < -0.4 is 4.74 Å². The minimum Gasteiger partial charge on any atom is -0.475 e. The molecule has 0 spiro atoms. The molecule has 0 N–H and O–H groups in total. The predicted molar refractivity (Wildman–Crippen MR) is 81.6 cm³/mol. The van der Waals surface area contributed by atoms with Crippen LogP contribution in [0, 0.1) is 17.2 Å². The van der Waals surface area contributed by atoms with Crippen molar-refractivity contribution in [3.05, 3.63) is 24.1 Å². The van der Waals surface area contributed by atoms with Crippen molar-refractivity contribution in [2.75, 3.05) is 53.6 Å². The highest BCUT2D eigenvalue weighted by Gasteiger charge is 2.52. The van der Waals surface area contributed by atoms with Gasteiger partial charge in [-0.1, -0.05) is 0 Å². The largest absolute Gasteiger partial charge is 0.475 e. The lowest BCUT2D eigenvalue weighted by Gasteiger charge is -2.27. The van der Waals surface area contributed by atoms with E-state index >= 15 is 0 Å². The molecule has 0 bridgehead atoms. The fraction of sp³-hybridized carbons (Fsp3) is 0.625. The third-order valence-corrected chi connectivity index (χ3v) is 4.55. The van der Waals surface area contributed by atoms with Gasteiger partial charge in [0, 0.05) is 25.2 Å². The van der Waals surface area contributed by atoms with E-state index in [1.165, 1.54) is 18.3 Å². The Morgan fingerprint density at radius 3 is 3.17 bits per heavy atom. The number of amides is 1. The van der Waals surface area contributed by atoms with Crippen molar-refractivity contribution in [1.82, 2.24) is 14.8 Å². The van der Waals surface area contributed by atoms with Gasteiger partial charge in [-0.05, 0) is 26.2 Å². The number of hydrogen-bond acceptors (Lipinski definition) is 5. The lowest BCUT2D eigenvalue weighted by Crippen LogP contribution is -2.40. The third-order valence-electron chi connectivity index (χ3n) is 4.55. The van der Waals surface area contributed by atoms with Gasteiger partial charge >= 0.3 is 0 Å². The molecule has 7 heteroatoms. The number of likely N-dealkylation sites (tertiary alicyclic amines) is 1. The molecule has 0 radical (unpaired) electrons. The Hall–Kier alpha value is -1.73. The Morgan fingerprint density at radius 2 is 2.43 bits per heavy atom. The number of nitrogens with zero attached hydrogens (tertiary/aromatic N) is 3. The molecule has 3 heterocycles. The summed E-state index contributed by atoms with van der Waals surface area (Å²) in [5.74, 6) is -0.142. The van der Waals surface area contributed by atoms with Gasteiger partial charge in [0.25, 0.3) is 0 Å². The minimum absolute atomic E-state index is 0.00518. The molecule has 1 aromatic rings. The van der Waals surface area contributed by atoms with Gasteiger partial charge in [0.2, 0.25) is 11.8 Å². The normalized spacial score (nSPS) is 26.6. The molecule has 0 aromatic carbocycles. The number of rotatable bonds is 5. The van der Waals surface area contributed by atoms with Gasteiger partial charge in [-0.25, -0.2) is 9.37 Å². The van der Waals surface area contributed by atoms with Crippen molar-refractivity contribution in [2.24, 2.45) is 11.3 Å². The summed E-state index contributed by atoms with van der Waals surface area (Å²) >= 11 is 0. The molecule has 2 saturated heterocycles. The third kappa shape index (κ3) is 3.30. The molecule has 0 aliphatic carbocycles. The van der Waals surface area contributed by atoms with Crippen LogP contribution in [-0.4, -0.2) is 74.2 Å². The molecule has 0 saturated carbocycles. The molecular weight excluding hydrogens is 301 g/mol. The first-order valence-corrected chi connectivity index (χ1v) is 7.74. The lowest BCUT2D eigenvalue weighted by atomic mass is 9.82. The van der Waals surface area contributed by atoms with Gasteiger partial charge in [-0.2, -0.15) is 0 Å². The second kappa shape index (κ2) is 6.41. The second-order valence-corrected chi connectivity index (χ2v) is 6.67. The fourth-order valence-corrected chi connectivity index (χ4v) is 3.29. The Morgan fingerprint density at radius 1 is 1.61 bits per heavy atom. The summed E-state index contributed by atoms with van der Waals surface area (Å²) < 4.78 is 24.9. The van der Waals surface area contributed by atoms with Crippen LogP contribution in [0.15, 0.2) is 18.3 Å². The van der Waals surface area contributed by atoms with E-state index in [1.54, 1.807) is 0 Å². The van der Waals surface area contributed by atoms with Crippen molar-refractivity contribution in [1.29, 1.82) is 0 Å². The van der Waals surface area contributed by atoms with Gasteiger partial charge < -0.3 is 19.3 Å². The second-order valence-electron chi connectivity index (χ2n) is 6.67. The van der Waals surface area contributed by atoms with E-state index in [4.69, 9.17) is 9.47 Å². The zero-order chi connectivity index (χ0) is 16.4. The first-order chi connectivity index (χ1) is 11.0. The Bertz CT molecular complexity index is 583. The van der Waals surface area contributed by atoms with Crippen LogP contribution in [0.1, 0.15) is 0 Å². The van der Waals surface area contributed by atoms with Crippen LogP contribution >= 0.6 is 0 Å². The number of halogens is 1. The SMILES string of the molecule is CN(C)CC(=O)N1C[C@H]2COC[C@@]2(COc2ncccc2F)C1. The van der Waals surface area contributed by atoms with Crippen LogP contribution in [0.3, 0.4) is 0 Å². The molecule has 126 valence electrons. The van der Waals surface area contributed by atoms with Crippen LogP contribution in [0.2, 0.25) is 0 Å². The standard InChI is InChI=1S/C16H22FN3O3/c1-19(2)7-14(21)20-6-12-8-22-10-16(12,9-20)11-23-15-13(17)4-3-5-18-15/h3-5,12H,6-11H2,1-2H3/t12-,16+/m0/s1. The molecule has 1 aromatic heterocycles. The first-order valence-electron chi connectivity index (χ1n) is 7.74. The molecule has 2 aliphatic rings. The Balaban J connectivity index is 1.67. The summed E-state index contributed by atoms with van der Waals surface area (Å²) in [5, 5.41) is 0. The highest BCUT2D eigenvalue weighted by molar-refractivity contribution is 5.78. The maximum absolute atomic E-state index is 13.7. The summed E-state index contributed by atoms with van der Waals surface area (Å²) in [4.78, 5) is 19.9. The summed E-state index contributed by atoms with van der Waals surface area (Å²) in [6.45, 7) is 3.08.